The third-order valence-electron chi connectivity index (χ3n) is 4.90. The Balaban J connectivity index is 1.77. The molecule has 0 unspecified atom stereocenters. The van der Waals surface area contributed by atoms with Crippen LogP contribution >= 0.6 is 0 Å². The molecule has 2 fully saturated rings. The van der Waals surface area contributed by atoms with Crippen molar-refractivity contribution >= 4 is 0 Å². The van der Waals surface area contributed by atoms with E-state index in [4.69, 9.17) is 0 Å². The Bertz CT molecular complexity index is 254. The molecular formula is C14H25F2N. The molecule has 3 heteroatoms. The van der Waals surface area contributed by atoms with Crippen LogP contribution in [0.25, 0.3) is 0 Å². The SMILES string of the molecule is CC(C)(C)C1CC2(CCN(CC(F)F)CC2)C1. The van der Waals surface area contributed by atoms with Crippen molar-refractivity contribution < 1.29 is 8.78 Å². The zero-order valence-electron chi connectivity index (χ0n) is 11.3. The fourth-order valence-electron chi connectivity index (χ4n) is 3.41. The van der Waals surface area contributed by atoms with Gasteiger partial charge >= 0.3 is 0 Å². The van der Waals surface area contributed by atoms with E-state index in [0.717, 1.165) is 31.8 Å². The van der Waals surface area contributed by atoms with Gasteiger partial charge in [0.25, 0.3) is 6.43 Å². The molecule has 0 aromatic heterocycles. The van der Waals surface area contributed by atoms with E-state index in [0.29, 0.717) is 10.8 Å². The lowest BCUT2D eigenvalue weighted by Gasteiger charge is -2.56. The minimum absolute atomic E-state index is 0.0290. The molecule has 0 atom stereocenters. The van der Waals surface area contributed by atoms with Gasteiger partial charge < -0.3 is 0 Å². The summed E-state index contributed by atoms with van der Waals surface area (Å²) in [6.45, 7) is 8.67. The number of halogens is 2. The van der Waals surface area contributed by atoms with Crippen LogP contribution in [-0.2, 0) is 0 Å². The average Bonchev–Trinajstić information content (AvgIpc) is 2.13. The van der Waals surface area contributed by atoms with E-state index < -0.39 is 6.43 Å². The first kappa shape index (κ1) is 13.3. The van der Waals surface area contributed by atoms with E-state index in [-0.39, 0.29) is 6.54 Å². The normalized spacial score (nSPS) is 26.5. The van der Waals surface area contributed by atoms with Crippen LogP contribution in [0.1, 0.15) is 46.5 Å². The molecule has 2 rings (SSSR count). The van der Waals surface area contributed by atoms with Gasteiger partial charge in [-0.3, -0.25) is 4.90 Å². The number of alkyl halides is 2. The first-order valence-corrected chi connectivity index (χ1v) is 6.81. The zero-order valence-corrected chi connectivity index (χ0v) is 11.3. The van der Waals surface area contributed by atoms with Crippen LogP contribution < -0.4 is 0 Å². The predicted octanol–water partition coefficient (Wildman–Crippen LogP) is 3.79. The highest BCUT2D eigenvalue weighted by Gasteiger charge is 2.49. The molecule has 1 aliphatic heterocycles. The van der Waals surface area contributed by atoms with Gasteiger partial charge in [-0.2, -0.15) is 0 Å². The molecule has 1 saturated heterocycles. The lowest BCUT2D eigenvalue weighted by molar-refractivity contribution is -0.0629. The van der Waals surface area contributed by atoms with Crippen molar-refractivity contribution in [1.82, 2.24) is 4.90 Å². The van der Waals surface area contributed by atoms with Gasteiger partial charge in [-0.1, -0.05) is 20.8 Å². The third kappa shape index (κ3) is 2.98. The summed E-state index contributed by atoms with van der Waals surface area (Å²) in [4.78, 5) is 1.93. The zero-order chi connectivity index (χ0) is 12.7. The van der Waals surface area contributed by atoms with Crippen molar-refractivity contribution in [3.05, 3.63) is 0 Å². The molecule has 0 aromatic carbocycles. The smallest absolute Gasteiger partial charge is 0.251 e. The second kappa shape index (κ2) is 4.49. The van der Waals surface area contributed by atoms with Gasteiger partial charge in [-0.25, -0.2) is 8.78 Å². The molecule has 2 aliphatic rings. The van der Waals surface area contributed by atoms with Gasteiger partial charge in [0.15, 0.2) is 0 Å². The summed E-state index contributed by atoms with van der Waals surface area (Å²) >= 11 is 0. The summed E-state index contributed by atoms with van der Waals surface area (Å²) in [5.41, 5.74) is 0.932. The molecule has 0 aromatic rings. The monoisotopic (exact) mass is 245 g/mol. The number of hydrogen-bond acceptors (Lipinski definition) is 1. The number of hydrogen-bond donors (Lipinski definition) is 0. The van der Waals surface area contributed by atoms with E-state index in [1.165, 1.54) is 12.8 Å². The predicted molar refractivity (Wildman–Crippen MR) is 66.3 cm³/mol. The van der Waals surface area contributed by atoms with Gasteiger partial charge in [0.2, 0.25) is 0 Å². The summed E-state index contributed by atoms with van der Waals surface area (Å²) in [5, 5.41) is 0. The van der Waals surface area contributed by atoms with Crippen LogP contribution in [0.5, 0.6) is 0 Å². The van der Waals surface area contributed by atoms with Gasteiger partial charge in [0.1, 0.15) is 0 Å². The molecular weight excluding hydrogens is 220 g/mol. The first-order valence-electron chi connectivity index (χ1n) is 6.81. The summed E-state index contributed by atoms with van der Waals surface area (Å²) in [6, 6.07) is 0. The molecule has 0 amide bonds. The van der Waals surface area contributed by atoms with Gasteiger partial charge in [-0.05, 0) is 55.5 Å². The highest BCUT2D eigenvalue weighted by molar-refractivity contribution is 5.00. The van der Waals surface area contributed by atoms with Crippen molar-refractivity contribution in [2.75, 3.05) is 19.6 Å². The maximum Gasteiger partial charge on any atom is 0.251 e. The Hall–Kier alpha value is -0.180. The Morgan fingerprint density at radius 1 is 1.18 bits per heavy atom. The molecule has 1 spiro atoms. The van der Waals surface area contributed by atoms with Crippen molar-refractivity contribution in [3.63, 3.8) is 0 Å². The standard InChI is InChI=1S/C14H25F2N/c1-13(2,3)11-8-14(9-11)4-6-17(7-5-14)10-12(15)16/h11-12H,4-10H2,1-3H3. The minimum atomic E-state index is -2.17. The summed E-state index contributed by atoms with van der Waals surface area (Å²) in [6.07, 6.45) is 2.73. The van der Waals surface area contributed by atoms with Crippen LogP contribution in [-0.4, -0.2) is 31.0 Å². The number of nitrogens with zero attached hydrogens (tertiary/aromatic N) is 1. The molecule has 0 bridgehead atoms. The maximum absolute atomic E-state index is 12.3. The highest BCUT2D eigenvalue weighted by Crippen LogP contribution is 2.57. The van der Waals surface area contributed by atoms with E-state index in [9.17, 15) is 8.78 Å². The first-order chi connectivity index (χ1) is 7.81. The fraction of sp³-hybridized carbons (Fsp3) is 1.00. The second-order valence-corrected chi connectivity index (χ2v) is 7.16. The number of likely N-dealkylation sites (tertiary alicyclic amines) is 1. The molecule has 1 nitrogen and oxygen atoms in total. The fourth-order valence-corrected chi connectivity index (χ4v) is 3.41. The van der Waals surface area contributed by atoms with Gasteiger partial charge in [0, 0.05) is 0 Å². The molecule has 100 valence electrons. The average molecular weight is 245 g/mol. The lowest BCUT2D eigenvalue weighted by Crippen LogP contribution is -2.50. The van der Waals surface area contributed by atoms with Crippen LogP contribution in [0.2, 0.25) is 0 Å². The Morgan fingerprint density at radius 2 is 1.71 bits per heavy atom. The van der Waals surface area contributed by atoms with Crippen molar-refractivity contribution in [3.8, 4) is 0 Å². The summed E-state index contributed by atoms with van der Waals surface area (Å²) in [5.74, 6) is 0.837. The summed E-state index contributed by atoms with van der Waals surface area (Å²) in [7, 11) is 0. The van der Waals surface area contributed by atoms with Crippen LogP contribution in [0.3, 0.4) is 0 Å². The van der Waals surface area contributed by atoms with Crippen molar-refractivity contribution in [2.24, 2.45) is 16.7 Å². The van der Waals surface area contributed by atoms with Crippen LogP contribution in [0.4, 0.5) is 8.78 Å². The van der Waals surface area contributed by atoms with E-state index in [1.54, 1.807) is 0 Å². The third-order valence-corrected chi connectivity index (χ3v) is 4.90. The van der Waals surface area contributed by atoms with Crippen molar-refractivity contribution in [2.45, 2.75) is 52.9 Å². The molecule has 0 N–H and O–H groups in total. The minimum Gasteiger partial charge on any atom is -0.298 e. The molecule has 0 radical (unpaired) electrons. The van der Waals surface area contributed by atoms with Gasteiger partial charge in [-0.15, -0.1) is 0 Å². The Morgan fingerprint density at radius 3 is 2.12 bits per heavy atom. The van der Waals surface area contributed by atoms with E-state index in [1.807, 2.05) is 4.90 Å². The summed E-state index contributed by atoms with van der Waals surface area (Å²) < 4.78 is 24.6. The lowest BCUT2D eigenvalue weighted by atomic mass is 9.52. The second-order valence-electron chi connectivity index (χ2n) is 7.16. The van der Waals surface area contributed by atoms with Crippen LogP contribution in [0, 0.1) is 16.7 Å². The highest BCUT2D eigenvalue weighted by atomic mass is 19.3. The van der Waals surface area contributed by atoms with Crippen LogP contribution in [0.15, 0.2) is 0 Å². The van der Waals surface area contributed by atoms with Gasteiger partial charge in [0.05, 0.1) is 6.54 Å². The van der Waals surface area contributed by atoms with Crippen molar-refractivity contribution in [1.29, 1.82) is 0 Å². The quantitative estimate of drug-likeness (QED) is 0.715. The Kier molecular flexibility index (Phi) is 3.50. The molecule has 1 heterocycles. The number of piperidine rings is 1. The molecule has 1 aliphatic carbocycles. The number of rotatable bonds is 2. The largest absolute Gasteiger partial charge is 0.298 e. The molecule has 1 saturated carbocycles. The Labute approximate surface area is 104 Å². The maximum atomic E-state index is 12.3. The molecule has 17 heavy (non-hydrogen) atoms. The van der Waals surface area contributed by atoms with E-state index >= 15 is 0 Å². The van der Waals surface area contributed by atoms with E-state index in [2.05, 4.69) is 20.8 Å². The topological polar surface area (TPSA) is 3.24 Å².